The maximum atomic E-state index is 10.9. The van der Waals surface area contributed by atoms with E-state index in [1.165, 1.54) is 24.4 Å². The van der Waals surface area contributed by atoms with Crippen LogP contribution in [0.25, 0.3) is 0 Å². The molecule has 0 radical (unpaired) electrons. The maximum Gasteiger partial charge on any atom is 0.312 e. The van der Waals surface area contributed by atoms with Gasteiger partial charge in [0, 0.05) is 17.3 Å². The first-order chi connectivity index (χ1) is 9.10. The van der Waals surface area contributed by atoms with Crippen LogP contribution in [0.4, 0.5) is 5.69 Å². The molecule has 0 spiro atoms. The first kappa shape index (κ1) is 12.7. The van der Waals surface area contributed by atoms with Crippen molar-refractivity contribution in [3.63, 3.8) is 0 Å². The first-order valence-electron chi connectivity index (χ1n) is 5.44. The molecule has 0 amide bonds. The van der Waals surface area contributed by atoms with Crippen LogP contribution in [0.3, 0.4) is 0 Å². The van der Waals surface area contributed by atoms with Crippen molar-refractivity contribution in [1.82, 2.24) is 4.98 Å². The van der Waals surface area contributed by atoms with Gasteiger partial charge in [-0.05, 0) is 31.2 Å². The van der Waals surface area contributed by atoms with Gasteiger partial charge in [0.15, 0.2) is 0 Å². The highest BCUT2D eigenvalue weighted by atomic mass is 16.6. The van der Waals surface area contributed by atoms with Crippen LogP contribution in [-0.4, -0.2) is 16.2 Å². The van der Waals surface area contributed by atoms with Crippen LogP contribution in [0.2, 0.25) is 0 Å². The lowest BCUT2D eigenvalue weighted by molar-refractivity contribution is -0.385. The molecule has 0 aliphatic heterocycles. The van der Waals surface area contributed by atoms with E-state index in [9.17, 15) is 14.9 Å². The van der Waals surface area contributed by atoms with E-state index in [2.05, 4.69) is 4.98 Å². The van der Waals surface area contributed by atoms with Crippen LogP contribution < -0.4 is 4.74 Å². The number of nitro benzene ring substituents is 1. The molecule has 2 rings (SSSR count). The molecule has 1 aromatic heterocycles. The van der Waals surface area contributed by atoms with Gasteiger partial charge in [0.05, 0.1) is 11.1 Å². The van der Waals surface area contributed by atoms with Gasteiger partial charge in [-0.3, -0.25) is 19.9 Å². The topological polar surface area (TPSA) is 82.3 Å². The number of hydrogen-bond donors (Lipinski definition) is 0. The molecule has 6 heteroatoms. The lowest BCUT2D eigenvalue weighted by Gasteiger charge is -2.06. The summed E-state index contributed by atoms with van der Waals surface area (Å²) in [6.45, 7) is 1.82. The number of aromatic nitrogens is 1. The Balaban J connectivity index is 2.36. The number of benzene rings is 1. The lowest BCUT2D eigenvalue weighted by atomic mass is 10.2. The smallest absolute Gasteiger partial charge is 0.312 e. The van der Waals surface area contributed by atoms with E-state index in [0.717, 1.165) is 5.69 Å². The number of carbonyl (C=O) groups excluding carboxylic acids is 1. The van der Waals surface area contributed by atoms with Gasteiger partial charge >= 0.3 is 5.69 Å². The highest BCUT2D eigenvalue weighted by Gasteiger charge is 2.16. The van der Waals surface area contributed by atoms with Gasteiger partial charge in [-0.15, -0.1) is 0 Å². The third-order valence-corrected chi connectivity index (χ3v) is 2.43. The van der Waals surface area contributed by atoms with E-state index >= 15 is 0 Å². The van der Waals surface area contributed by atoms with Gasteiger partial charge in [0.2, 0.25) is 5.75 Å². The second-order valence-corrected chi connectivity index (χ2v) is 3.84. The molecule has 19 heavy (non-hydrogen) atoms. The molecule has 0 saturated carbocycles. The lowest BCUT2D eigenvalue weighted by Crippen LogP contribution is -1.95. The summed E-state index contributed by atoms with van der Waals surface area (Å²) in [7, 11) is 0. The summed E-state index contributed by atoms with van der Waals surface area (Å²) in [5.41, 5.74) is 0.782. The molecular weight excluding hydrogens is 248 g/mol. The number of aryl methyl sites for hydroxylation is 1. The summed E-state index contributed by atoms with van der Waals surface area (Å²) in [6.07, 6.45) is 2.02. The van der Waals surface area contributed by atoms with Gasteiger partial charge < -0.3 is 4.74 Å². The Bertz CT molecular complexity index is 623. The zero-order chi connectivity index (χ0) is 13.8. The molecular formula is C13H10N2O4. The molecule has 0 aliphatic rings. The normalized spacial score (nSPS) is 9.95. The van der Waals surface area contributed by atoms with Crippen molar-refractivity contribution in [3.05, 3.63) is 57.9 Å². The molecule has 0 fully saturated rings. The first-order valence-corrected chi connectivity index (χ1v) is 5.44. The van der Waals surface area contributed by atoms with Crippen molar-refractivity contribution < 1.29 is 14.5 Å². The molecule has 0 aliphatic carbocycles. The van der Waals surface area contributed by atoms with E-state index < -0.39 is 4.92 Å². The fourth-order valence-electron chi connectivity index (χ4n) is 1.48. The van der Waals surface area contributed by atoms with Gasteiger partial charge in [0.25, 0.3) is 0 Å². The van der Waals surface area contributed by atoms with E-state index in [-0.39, 0.29) is 17.0 Å². The Kier molecular flexibility index (Phi) is 3.51. The Labute approximate surface area is 108 Å². The quantitative estimate of drug-likeness (QED) is 0.478. The number of rotatable bonds is 4. The third kappa shape index (κ3) is 2.92. The van der Waals surface area contributed by atoms with Crippen LogP contribution in [0.5, 0.6) is 11.5 Å². The van der Waals surface area contributed by atoms with Crippen molar-refractivity contribution in [2.24, 2.45) is 0 Å². The minimum absolute atomic E-state index is 0.0706. The predicted octanol–water partition coefficient (Wildman–Crippen LogP) is 2.90. The highest BCUT2D eigenvalue weighted by molar-refractivity contribution is 5.77. The molecule has 0 N–H and O–H groups in total. The second kappa shape index (κ2) is 5.26. The molecule has 0 unspecified atom stereocenters. The summed E-state index contributed by atoms with van der Waals surface area (Å²) in [6, 6.07) is 7.42. The molecule has 6 nitrogen and oxygen atoms in total. The molecule has 0 saturated heterocycles. The minimum Gasteiger partial charge on any atom is -0.449 e. The van der Waals surface area contributed by atoms with E-state index in [1.54, 1.807) is 12.1 Å². The number of ether oxygens (including phenoxy) is 1. The Hall–Kier alpha value is -2.76. The van der Waals surface area contributed by atoms with E-state index in [4.69, 9.17) is 4.74 Å². The summed E-state index contributed by atoms with van der Waals surface area (Å²) < 4.78 is 5.41. The number of hydrogen-bond acceptors (Lipinski definition) is 5. The fourth-order valence-corrected chi connectivity index (χ4v) is 1.48. The summed E-state index contributed by atoms with van der Waals surface area (Å²) in [5.74, 6) is 0.466. The molecule has 1 aromatic carbocycles. The van der Waals surface area contributed by atoms with Crippen LogP contribution in [0, 0.1) is 17.0 Å². The van der Waals surface area contributed by atoms with Gasteiger partial charge in [-0.1, -0.05) is 0 Å². The third-order valence-electron chi connectivity index (χ3n) is 2.43. The summed E-state index contributed by atoms with van der Waals surface area (Å²) >= 11 is 0. The van der Waals surface area contributed by atoms with Crippen LogP contribution in [0.15, 0.2) is 36.5 Å². The number of carbonyl (C=O) groups is 1. The molecule has 96 valence electrons. The SMILES string of the molecule is Cc1ccc(Oc2ccc(C=O)cc2[N+](=O)[O-])cn1. The zero-order valence-electron chi connectivity index (χ0n) is 10.1. The molecule has 0 bridgehead atoms. The summed E-state index contributed by atoms with van der Waals surface area (Å²) in [4.78, 5) is 25.0. The standard InChI is InChI=1S/C13H10N2O4/c1-9-2-4-11(7-14-9)19-13-5-3-10(8-16)6-12(13)15(17)18/h2-8H,1H3. The molecule has 0 atom stereocenters. The van der Waals surface area contributed by atoms with Gasteiger partial charge in [0.1, 0.15) is 12.0 Å². The van der Waals surface area contributed by atoms with Gasteiger partial charge in [-0.2, -0.15) is 0 Å². The van der Waals surface area contributed by atoms with Crippen molar-refractivity contribution in [3.8, 4) is 11.5 Å². The monoisotopic (exact) mass is 258 g/mol. The Morgan fingerprint density at radius 2 is 2.11 bits per heavy atom. The average molecular weight is 258 g/mol. The minimum atomic E-state index is -0.593. The van der Waals surface area contributed by atoms with Crippen molar-refractivity contribution >= 4 is 12.0 Å². The van der Waals surface area contributed by atoms with E-state index in [1.807, 2.05) is 6.92 Å². The van der Waals surface area contributed by atoms with Crippen LogP contribution in [-0.2, 0) is 0 Å². The second-order valence-electron chi connectivity index (χ2n) is 3.84. The zero-order valence-corrected chi connectivity index (χ0v) is 10.1. The van der Waals surface area contributed by atoms with E-state index in [0.29, 0.717) is 12.0 Å². The number of aldehydes is 1. The Morgan fingerprint density at radius 3 is 2.68 bits per heavy atom. The van der Waals surface area contributed by atoms with Crippen molar-refractivity contribution in [1.29, 1.82) is 0 Å². The fraction of sp³-hybridized carbons (Fsp3) is 0.0769. The maximum absolute atomic E-state index is 10.9. The summed E-state index contributed by atoms with van der Waals surface area (Å²) in [5, 5.41) is 10.9. The van der Waals surface area contributed by atoms with Crippen LogP contribution in [0.1, 0.15) is 16.1 Å². The van der Waals surface area contributed by atoms with Crippen molar-refractivity contribution in [2.75, 3.05) is 0 Å². The number of nitrogens with zero attached hydrogens (tertiary/aromatic N) is 2. The number of nitro groups is 1. The predicted molar refractivity (Wildman–Crippen MR) is 67.5 cm³/mol. The van der Waals surface area contributed by atoms with Crippen LogP contribution >= 0.6 is 0 Å². The number of pyridine rings is 1. The van der Waals surface area contributed by atoms with Gasteiger partial charge in [-0.25, -0.2) is 0 Å². The highest BCUT2D eigenvalue weighted by Crippen LogP contribution is 2.31. The average Bonchev–Trinajstić information content (AvgIpc) is 2.41. The van der Waals surface area contributed by atoms with Crippen molar-refractivity contribution in [2.45, 2.75) is 6.92 Å². The largest absolute Gasteiger partial charge is 0.449 e. The molecule has 1 heterocycles. The Morgan fingerprint density at radius 1 is 1.32 bits per heavy atom. The molecule has 2 aromatic rings.